The van der Waals surface area contributed by atoms with Crippen LogP contribution >= 0.6 is 15.9 Å². The number of urea groups is 1. The maximum atomic E-state index is 12.8. The number of nitrogens with one attached hydrogen (secondary N) is 3. The Balaban J connectivity index is 1.62. The molecule has 0 radical (unpaired) electrons. The average molecular weight is 547 g/mol. The van der Waals surface area contributed by atoms with Gasteiger partial charge in [0.2, 0.25) is 0 Å². The maximum Gasteiger partial charge on any atom is 0.332 e. The summed E-state index contributed by atoms with van der Waals surface area (Å²) in [7, 11) is 0. The Hall–Kier alpha value is -4.64. The number of hydrogen-bond acceptors (Lipinski definition) is 6. The zero-order chi connectivity index (χ0) is 25.7. The van der Waals surface area contributed by atoms with Gasteiger partial charge in [0.05, 0.1) is 11.0 Å². The highest BCUT2D eigenvalue weighted by Crippen LogP contribution is 2.16. The number of benzene rings is 3. The summed E-state index contributed by atoms with van der Waals surface area (Å²) in [5.74, 6) is -0.852. The Labute approximate surface area is 212 Å². The van der Waals surface area contributed by atoms with Crippen molar-refractivity contribution in [3.05, 3.63) is 104 Å². The van der Waals surface area contributed by atoms with E-state index in [1.807, 2.05) is 11.5 Å². The van der Waals surface area contributed by atoms with Crippen molar-refractivity contribution in [2.45, 2.75) is 6.42 Å². The topological polar surface area (TPSA) is 159 Å². The van der Waals surface area contributed by atoms with Gasteiger partial charge in [0, 0.05) is 27.7 Å². The van der Waals surface area contributed by atoms with Gasteiger partial charge < -0.3 is 16.0 Å². The van der Waals surface area contributed by atoms with Gasteiger partial charge in [-0.25, -0.2) is 15.2 Å². The Bertz CT molecular complexity index is 1550. The molecule has 0 aliphatic rings. The zero-order valence-electron chi connectivity index (χ0n) is 18.6. The molecule has 0 unspecified atom stereocenters. The summed E-state index contributed by atoms with van der Waals surface area (Å²) in [4.78, 5) is 56.5. The molecule has 4 aromatic rings. The molecule has 0 bridgehead atoms. The molecule has 10 nitrogen and oxygen atoms in total. The van der Waals surface area contributed by atoms with E-state index in [9.17, 15) is 19.2 Å². The average Bonchev–Trinajstić information content (AvgIpc) is 2.87. The van der Waals surface area contributed by atoms with Gasteiger partial charge in [-0.1, -0.05) is 46.3 Å². The molecule has 0 saturated heterocycles. The number of halogens is 1. The van der Waals surface area contributed by atoms with Crippen LogP contribution in [-0.4, -0.2) is 33.4 Å². The first kappa shape index (κ1) is 24.5. The van der Waals surface area contributed by atoms with Gasteiger partial charge in [-0.3, -0.25) is 14.4 Å². The number of H-pyrrole nitrogens is 1. The molecule has 0 fully saturated rings. The highest BCUT2D eigenvalue weighted by Gasteiger charge is 2.18. The number of carbonyl (C=O) groups is 3. The predicted octanol–water partition coefficient (Wildman–Crippen LogP) is 3.12. The van der Waals surface area contributed by atoms with Gasteiger partial charge in [0.15, 0.2) is 5.78 Å². The molecule has 36 heavy (non-hydrogen) atoms. The second-order valence-corrected chi connectivity index (χ2v) is 8.53. The third kappa shape index (κ3) is 5.88. The fourth-order valence-electron chi connectivity index (χ4n) is 3.33. The van der Waals surface area contributed by atoms with E-state index in [1.165, 1.54) is 0 Å². The molecule has 11 heteroatoms. The number of fused-ring (bicyclic) bond motifs is 1. The predicted molar refractivity (Wildman–Crippen MR) is 139 cm³/mol. The van der Waals surface area contributed by atoms with Crippen LogP contribution in [0.3, 0.4) is 0 Å². The van der Waals surface area contributed by atoms with Crippen molar-refractivity contribution < 1.29 is 14.4 Å². The van der Waals surface area contributed by atoms with E-state index in [-0.39, 0.29) is 23.6 Å². The minimum atomic E-state index is -0.972. The molecule has 0 spiro atoms. The van der Waals surface area contributed by atoms with Crippen LogP contribution in [0.25, 0.3) is 11.0 Å². The lowest BCUT2D eigenvalue weighted by molar-refractivity contribution is -0.110. The number of hydrazone groups is 1. The third-order valence-electron chi connectivity index (χ3n) is 5.06. The number of aromatic nitrogens is 2. The van der Waals surface area contributed by atoms with Crippen molar-refractivity contribution in [1.82, 2.24) is 15.4 Å². The summed E-state index contributed by atoms with van der Waals surface area (Å²) in [6, 6.07) is 19.3. The van der Waals surface area contributed by atoms with E-state index in [1.54, 1.807) is 66.7 Å². The van der Waals surface area contributed by atoms with Gasteiger partial charge in [0.25, 0.3) is 11.5 Å². The molecule has 1 aromatic heterocycles. The maximum absolute atomic E-state index is 12.8. The van der Waals surface area contributed by atoms with Crippen LogP contribution in [0.4, 0.5) is 10.5 Å². The third-order valence-corrected chi connectivity index (χ3v) is 5.59. The van der Waals surface area contributed by atoms with Crippen LogP contribution in [0.2, 0.25) is 0 Å². The van der Waals surface area contributed by atoms with Crippen LogP contribution < -0.4 is 22.0 Å². The van der Waals surface area contributed by atoms with Crippen molar-refractivity contribution in [2.75, 3.05) is 5.32 Å². The second-order valence-electron chi connectivity index (χ2n) is 7.61. The van der Waals surface area contributed by atoms with E-state index in [0.29, 0.717) is 27.8 Å². The second kappa shape index (κ2) is 10.7. The van der Waals surface area contributed by atoms with Gasteiger partial charge >= 0.3 is 6.03 Å². The van der Waals surface area contributed by atoms with Crippen molar-refractivity contribution >= 4 is 56.1 Å². The van der Waals surface area contributed by atoms with E-state index in [2.05, 4.69) is 36.3 Å². The van der Waals surface area contributed by atoms with Crippen molar-refractivity contribution in [3.8, 4) is 0 Å². The summed E-state index contributed by atoms with van der Waals surface area (Å²) in [5, 5.41) is 6.40. The Morgan fingerprint density at radius 2 is 1.69 bits per heavy atom. The molecule has 5 N–H and O–H groups in total. The number of aromatic amines is 1. The SMILES string of the molecule is NC(=O)NN=C(Cc1nc2ccc(C(=O)c3ccccc3)cc2[nH]c1=O)C(=O)Nc1ccc(Br)cc1. The van der Waals surface area contributed by atoms with Gasteiger partial charge in [-0.2, -0.15) is 5.10 Å². The van der Waals surface area contributed by atoms with E-state index in [4.69, 9.17) is 5.73 Å². The van der Waals surface area contributed by atoms with Crippen LogP contribution in [0, 0.1) is 0 Å². The lowest BCUT2D eigenvalue weighted by atomic mass is 10.0. The van der Waals surface area contributed by atoms with Crippen LogP contribution in [-0.2, 0) is 11.2 Å². The smallest absolute Gasteiger partial charge is 0.332 e. The molecule has 180 valence electrons. The Morgan fingerprint density at radius 3 is 2.39 bits per heavy atom. The number of nitrogens with two attached hydrogens (primary N) is 1. The van der Waals surface area contributed by atoms with E-state index < -0.39 is 17.5 Å². The molecule has 4 rings (SSSR count). The Morgan fingerprint density at radius 1 is 0.972 bits per heavy atom. The lowest BCUT2D eigenvalue weighted by Crippen LogP contribution is -2.33. The van der Waals surface area contributed by atoms with Crippen LogP contribution in [0.15, 0.2) is 87.2 Å². The fourth-order valence-corrected chi connectivity index (χ4v) is 3.59. The van der Waals surface area contributed by atoms with Gasteiger partial charge in [-0.15, -0.1) is 0 Å². The molecule has 3 amide bonds. The van der Waals surface area contributed by atoms with Crippen LogP contribution in [0.5, 0.6) is 0 Å². The monoisotopic (exact) mass is 546 g/mol. The molecule has 1 heterocycles. The molecular weight excluding hydrogens is 528 g/mol. The van der Waals surface area contributed by atoms with E-state index >= 15 is 0 Å². The molecule has 0 aliphatic carbocycles. The summed E-state index contributed by atoms with van der Waals surface area (Å²) in [6.07, 6.45) is -0.293. The van der Waals surface area contributed by atoms with E-state index in [0.717, 1.165) is 4.47 Å². The zero-order valence-corrected chi connectivity index (χ0v) is 20.2. The van der Waals surface area contributed by atoms with Gasteiger partial charge in [0.1, 0.15) is 11.4 Å². The highest BCUT2D eigenvalue weighted by molar-refractivity contribution is 9.10. The summed E-state index contributed by atoms with van der Waals surface area (Å²) in [5.41, 5.74) is 8.47. The standard InChI is InChI=1S/C25H19BrN6O4/c26-16-7-9-17(10-8-16)28-24(35)21(31-32-25(27)36)13-20-23(34)30-19-12-15(6-11-18(19)29-20)22(33)14-4-2-1-3-5-14/h1-12H,13H2,(H,28,35)(H,30,34)(H3,27,32,36). The number of rotatable bonds is 7. The number of hydrogen-bond donors (Lipinski definition) is 4. The number of anilines is 1. The first-order chi connectivity index (χ1) is 17.3. The molecule has 0 saturated carbocycles. The Kier molecular flexibility index (Phi) is 7.31. The summed E-state index contributed by atoms with van der Waals surface area (Å²) >= 11 is 3.31. The van der Waals surface area contributed by atoms with Crippen molar-refractivity contribution in [3.63, 3.8) is 0 Å². The molecule has 0 aliphatic heterocycles. The summed E-state index contributed by atoms with van der Waals surface area (Å²) in [6.45, 7) is 0. The first-order valence-corrected chi connectivity index (χ1v) is 11.4. The molecule has 3 aromatic carbocycles. The first-order valence-electron chi connectivity index (χ1n) is 10.6. The highest BCUT2D eigenvalue weighted by atomic mass is 79.9. The minimum absolute atomic E-state index is 0.0133. The fraction of sp³-hybridized carbons (Fsp3) is 0.0400. The van der Waals surface area contributed by atoms with Crippen LogP contribution in [0.1, 0.15) is 21.6 Å². The number of primary amides is 1. The minimum Gasteiger partial charge on any atom is -0.350 e. The lowest BCUT2D eigenvalue weighted by Gasteiger charge is -2.09. The van der Waals surface area contributed by atoms with Gasteiger partial charge in [-0.05, 0) is 42.5 Å². The number of ketones is 1. The molecule has 0 atom stereocenters. The van der Waals surface area contributed by atoms with Crippen molar-refractivity contribution in [1.29, 1.82) is 0 Å². The number of carbonyl (C=O) groups excluding carboxylic acids is 3. The normalized spacial score (nSPS) is 11.2. The quantitative estimate of drug-likeness (QED) is 0.159. The van der Waals surface area contributed by atoms with Crippen molar-refractivity contribution in [2.24, 2.45) is 10.8 Å². The number of nitrogens with zero attached hydrogens (tertiary/aromatic N) is 2. The summed E-state index contributed by atoms with van der Waals surface area (Å²) < 4.78 is 0.824. The largest absolute Gasteiger partial charge is 0.350 e. The molecular formula is C25H19BrN6O4. The number of amides is 3.